The summed E-state index contributed by atoms with van der Waals surface area (Å²) in [7, 11) is 1.42. The number of carbonyl (C=O) groups is 1. The van der Waals surface area contributed by atoms with Crippen LogP contribution in [0.4, 0.5) is 13.2 Å². The topological polar surface area (TPSA) is 92.8 Å². The minimum absolute atomic E-state index is 0.00317. The van der Waals surface area contributed by atoms with Gasteiger partial charge in [-0.25, -0.2) is 23.1 Å². The molecule has 154 valence electrons. The highest BCUT2D eigenvalue weighted by Crippen LogP contribution is 2.36. The molecule has 0 aliphatic carbocycles. The minimum Gasteiger partial charge on any atom is -0.435 e. The summed E-state index contributed by atoms with van der Waals surface area (Å²) in [6.45, 7) is 0.259. The summed E-state index contributed by atoms with van der Waals surface area (Å²) in [5, 5.41) is 3.71. The highest BCUT2D eigenvalue weighted by molar-refractivity contribution is 5.93. The third-order valence-corrected chi connectivity index (χ3v) is 5.14. The number of hydrogen-bond donors (Lipinski definition) is 1. The summed E-state index contributed by atoms with van der Waals surface area (Å²) in [6, 6.07) is 4.58. The van der Waals surface area contributed by atoms with E-state index in [2.05, 4.69) is 20.1 Å². The average molecular weight is 416 g/mol. The zero-order chi connectivity index (χ0) is 21.0. The van der Waals surface area contributed by atoms with Crippen LogP contribution in [0.25, 0.3) is 11.1 Å². The number of hydrogen-bond acceptors (Lipinski definition) is 5. The number of amides is 1. The number of benzene rings is 1. The fourth-order valence-corrected chi connectivity index (χ4v) is 3.74. The number of halogens is 3. The molecule has 5 rings (SSSR count). The molecule has 1 amide bonds. The fraction of sp³-hybridized carbons (Fsp3) is 0.263. The summed E-state index contributed by atoms with van der Waals surface area (Å²) >= 11 is 0. The molecule has 0 spiro atoms. The lowest BCUT2D eigenvalue weighted by atomic mass is 10.0. The van der Waals surface area contributed by atoms with Gasteiger partial charge in [0.15, 0.2) is 17.4 Å². The van der Waals surface area contributed by atoms with E-state index < -0.39 is 29.9 Å². The molecule has 3 aromatic heterocycles. The van der Waals surface area contributed by atoms with Crippen molar-refractivity contribution in [3.63, 3.8) is 0 Å². The second-order valence-electron chi connectivity index (χ2n) is 6.94. The standard InChI is InChI=1S/C19H15F3N6O2/c1-27-13(7-12(26-27)17(21)22)19(29)28-6-5-10-14(24-8-23-10)15(28)18-25-11-4-2-3-9(20)16(11)30-18/h2-4,7-8,15,17H,5-6H2,1H3,(H,23,24)/t15-/m0/s1. The molecule has 0 radical (unpaired) electrons. The lowest BCUT2D eigenvalue weighted by Gasteiger charge is -2.32. The van der Waals surface area contributed by atoms with Gasteiger partial charge in [-0.05, 0) is 18.2 Å². The highest BCUT2D eigenvalue weighted by Gasteiger charge is 2.39. The van der Waals surface area contributed by atoms with Crippen molar-refractivity contribution in [2.24, 2.45) is 7.05 Å². The SMILES string of the molecule is Cn1nc(C(F)F)cc1C(=O)N1CCc2[nH]cnc2[C@H]1c1nc2cccc(F)c2o1. The average Bonchev–Trinajstić information content (AvgIpc) is 3.44. The van der Waals surface area contributed by atoms with E-state index in [4.69, 9.17) is 4.42 Å². The monoisotopic (exact) mass is 416 g/mol. The molecule has 30 heavy (non-hydrogen) atoms. The third-order valence-electron chi connectivity index (χ3n) is 5.14. The molecule has 0 bridgehead atoms. The van der Waals surface area contributed by atoms with Gasteiger partial charge in [0.25, 0.3) is 12.3 Å². The van der Waals surface area contributed by atoms with Crippen LogP contribution in [0.3, 0.4) is 0 Å². The number of fused-ring (bicyclic) bond motifs is 2. The van der Waals surface area contributed by atoms with Crippen molar-refractivity contribution >= 4 is 17.0 Å². The normalized spacial score (nSPS) is 16.4. The smallest absolute Gasteiger partial charge is 0.282 e. The first-order valence-electron chi connectivity index (χ1n) is 9.14. The van der Waals surface area contributed by atoms with E-state index in [-0.39, 0.29) is 23.7 Å². The van der Waals surface area contributed by atoms with Crippen molar-refractivity contribution in [2.75, 3.05) is 6.54 Å². The van der Waals surface area contributed by atoms with E-state index in [1.165, 1.54) is 30.4 Å². The maximum absolute atomic E-state index is 14.1. The lowest BCUT2D eigenvalue weighted by Crippen LogP contribution is -2.41. The summed E-state index contributed by atoms with van der Waals surface area (Å²) < 4.78 is 47.0. The fourth-order valence-electron chi connectivity index (χ4n) is 3.74. The summed E-state index contributed by atoms with van der Waals surface area (Å²) in [4.78, 5) is 26.4. The molecule has 1 aromatic carbocycles. The first kappa shape index (κ1) is 18.4. The van der Waals surface area contributed by atoms with Gasteiger partial charge in [-0.15, -0.1) is 0 Å². The van der Waals surface area contributed by atoms with E-state index in [1.54, 1.807) is 6.07 Å². The van der Waals surface area contributed by atoms with Crippen molar-refractivity contribution in [2.45, 2.75) is 18.9 Å². The number of nitrogens with one attached hydrogen (secondary N) is 1. The number of alkyl halides is 2. The molecule has 0 fully saturated rings. The van der Waals surface area contributed by atoms with Gasteiger partial charge >= 0.3 is 0 Å². The zero-order valence-electron chi connectivity index (χ0n) is 15.6. The van der Waals surface area contributed by atoms with Gasteiger partial charge < -0.3 is 14.3 Å². The van der Waals surface area contributed by atoms with Crippen molar-refractivity contribution in [1.82, 2.24) is 29.6 Å². The van der Waals surface area contributed by atoms with E-state index in [0.717, 1.165) is 16.4 Å². The van der Waals surface area contributed by atoms with E-state index in [9.17, 15) is 18.0 Å². The Morgan fingerprint density at radius 1 is 1.37 bits per heavy atom. The van der Waals surface area contributed by atoms with Crippen LogP contribution < -0.4 is 0 Å². The largest absolute Gasteiger partial charge is 0.435 e. The van der Waals surface area contributed by atoms with Gasteiger partial charge in [-0.1, -0.05) is 6.07 Å². The first-order chi connectivity index (χ1) is 14.4. The maximum Gasteiger partial charge on any atom is 0.282 e. The van der Waals surface area contributed by atoms with E-state index in [1.807, 2.05) is 0 Å². The highest BCUT2D eigenvalue weighted by atomic mass is 19.3. The number of imidazole rings is 1. The minimum atomic E-state index is -2.80. The molecule has 11 heteroatoms. The van der Waals surface area contributed by atoms with Gasteiger partial charge in [0.2, 0.25) is 5.89 Å². The number of aromatic nitrogens is 5. The van der Waals surface area contributed by atoms with E-state index >= 15 is 0 Å². The number of nitrogens with zero attached hydrogens (tertiary/aromatic N) is 5. The quantitative estimate of drug-likeness (QED) is 0.554. The Balaban J connectivity index is 1.62. The van der Waals surface area contributed by atoms with Crippen LogP contribution in [-0.4, -0.2) is 42.1 Å². The van der Waals surface area contributed by atoms with Crippen molar-refractivity contribution in [3.8, 4) is 0 Å². The third kappa shape index (κ3) is 2.77. The van der Waals surface area contributed by atoms with Crippen molar-refractivity contribution in [3.05, 3.63) is 65.1 Å². The second-order valence-corrected chi connectivity index (χ2v) is 6.94. The number of carbonyl (C=O) groups excluding carboxylic acids is 1. The summed E-state index contributed by atoms with van der Waals surface area (Å²) in [6.07, 6.45) is -0.826. The number of aromatic amines is 1. The number of aryl methyl sites for hydroxylation is 1. The van der Waals surface area contributed by atoms with Crippen LogP contribution in [0, 0.1) is 5.82 Å². The van der Waals surface area contributed by atoms with Gasteiger partial charge in [0.05, 0.1) is 12.0 Å². The molecular formula is C19H15F3N6O2. The van der Waals surface area contributed by atoms with Gasteiger partial charge in [0, 0.05) is 25.7 Å². The molecule has 1 aliphatic rings. The van der Waals surface area contributed by atoms with Crippen LogP contribution in [0.5, 0.6) is 0 Å². The molecule has 0 unspecified atom stereocenters. The Labute approximate surface area is 167 Å². The predicted molar refractivity (Wildman–Crippen MR) is 97.3 cm³/mol. The number of para-hydroxylation sites is 1. The molecule has 8 nitrogen and oxygen atoms in total. The summed E-state index contributed by atoms with van der Waals surface area (Å²) in [5.41, 5.74) is 1.10. The summed E-state index contributed by atoms with van der Waals surface area (Å²) in [5.74, 6) is -1.01. The number of rotatable bonds is 3. The molecular weight excluding hydrogens is 401 g/mol. The Bertz CT molecular complexity index is 1260. The van der Waals surface area contributed by atoms with Crippen LogP contribution in [-0.2, 0) is 13.5 Å². The van der Waals surface area contributed by atoms with Gasteiger partial charge in [0.1, 0.15) is 16.9 Å². The Kier molecular flexibility index (Phi) is 4.12. The zero-order valence-corrected chi connectivity index (χ0v) is 15.6. The Morgan fingerprint density at radius 3 is 2.93 bits per heavy atom. The molecule has 1 N–H and O–H groups in total. The predicted octanol–water partition coefficient (Wildman–Crippen LogP) is 3.15. The van der Waals surface area contributed by atoms with Crippen molar-refractivity contribution < 1.29 is 22.4 Å². The van der Waals surface area contributed by atoms with Crippen LogP contribution in [0.2, 0.25) is 0 Å². The van der Waals surface area contributed by atoms with Gasteiger partial charge in [-0.3, -0.25) is 9.48 Å². The maximum atomic E-state index is 14.1. The Hall–Kier alpha value is -3.63. The molecule has 1 atom stereocenters. The number of oxazole rings is 1. The van der Waals surface area contributed by atoms with Crippen molar-refractivity contribution in [1.29, 1.82) is 0 Å². The Morgan fingerprint density at radius 2 is 2.20 bits per heavy atom. The molecule has 4 heterocycles. The molecule has 4 aromatic rings. The second kappa shape index (κ2) is 6.71. The van der Waals surface area contributed by atoms with Crippen LogP contribution in [0.15, 0.2) is 35.0 Å². The molecule has 1 aliphatic heterocycles. The van der Waals surface area contributed by atoms with Gasteiger partial charge in [-0.2, -0.15) is 5.10 Å². The molecule has 0 saturated carbocycles. The molecule has 0 saturated heterocycles. The number of H-pyrrole nitrogens is 1. The van der Waals surface area contributed by atoms with E-state index in [0.29, 0.717) is 17.6 Å². The van der Waals surface area contributed by atoms with Crippen LogP contribution >= 0.6 is 0 Å². The van der Waals surface area contributed by atoms with Crippen LogP contribution in [0.1, 0.15) is 45.9 Å². The lowest BCUT2D eigenvalue weighted by molar-refractivity contribution is 0.0656. The first-order valence-corrected chi connectivity index (χ1v) is 9.14.